The average Bonchev–Trinajstić information content (AvgIpc) is 3.39. The van der Waals surface area contributed by atoms with Crippen molar-refractivity contribution in [2.75, 3.05) is 13.1 Å². The second kappa shape index (κ2) is 10.0. The lowest BCUT2D eigenvalue weighted by atomic mass is 9.96. The Balaban J connectivity index is 1.24. The number of fused-ring (bicyclic) bond motifs is 1. The fraction of sp³-hybridized carbons (Fsp3) is 0.286. The van der Waals surface area contributed by atoms with Crippen LogP contribution in [0.2, 0.25) is 0 Å². The van der Waals surface area contributed by atoms with E-state index in [1.165, 1.54) is 21.9 Å². The Hall–Kier alpha value is -3.44. The van der Waals surface area contributed by atoms with E-state index in [-0.39, 0.29) is 18.0 Å². The number of benzene rings is 2. The fourth-order valence-corrected chi connectivity index (χ4v) is 4.92. The molecule has 4 aromatic rings. The number of nitrogens with zero attached hydrogens (tertiary/aromatic N) is 3. The van der Waals surface area contributed by atoms with Crippen LogP contribution in [0.4, 0.5) is 0 Å². The lowest BCUT2D eigenvalue weighted by Crippen LogP contribution is -2.44. The Bertz CT molecular complexity index is 1180. The zero-order chi connectivity index (χ0) is 22.5. The maximum absolute atomic E-state index is 13.2. The first kappa shape index (κ1) is 21.4. The van der Waals surface area contributed by atoms with Gasteiger partial charge in [0, 0.05) is 50.5 Å². The van der Waals surface area contributed by atoms with Gasteiger partial charge in [-0.2, -0.15) is 0 Å². The van der Waals surface area contributed by atoms with E-state index in [9.17, 15) is 4.79 Å². The highest BCUT2D eigenvalue weighted by molar-refractivity contribution is 5.87. The molecule has 168 valence electrons. The minimum absolute atomic E-state index is 0.0308. The summed E-state index contributed by atoms with van der Waals surface area (Å²) in [5.41, 5.74) is 2.43. The Morgan fingerprint density at radius 3 is 2.55 bits per heavy atom. The van der Waals surface area contributed by atoms with Gasteiger partial charge in [-0.15, -0.1) is 0 Å². The molecule has 0 saturated carbocycles. The quantitative estimate of drug-likeness (QED) is 0.451. The minimum Gasteiger partial charge on any atom is -0.353 e. The van der Waals surface area contributed by atoms with Gasteiger partial charge in [-0.3, -0.25) is 14.7 Å². The van der Waals surface area contributed by atoms with Crippen LogP contribution in [-0.4, -0.2) is 39.5 Å². The van der Waals surface area contributed by atoms with Crippen molar-refractivity contribution >= 4 is 16.7 Å². The summed E-state index contributed by atoms with van der Waals surface area (Å²) in [5, 5.41) is 5.73. The number of amides is 1. The number of carbonyl (C=O) groups excluding carboxylic acids is 1. The van der Waals surface area contributed by atoms with E-state index >= 15 is 0 Å². The number of carbonyl (C=O) groups is 1. The highest BCUT2D eigenvalue weighted by Gasteiger charge is 2.24. The van der Waals surface area contributed by atoms with Crippen LogP contribution < -0.4 is 5.32 Å². The smallest absolute Gasteiger partial charge is 0.222 e. The van der Waals surface area contributed by atoms with E-state index in [4.69, 9.17) is 0 Å². The van der Waals surface area contributed by atoms with Crippen LogP contribution in [0.1, 0.15) is 36.4 Å². The molecule has 33 heavy (non-hydrogen) atoms. The monoisotopic (exact) mass is 438 g/mol. The summed E-state index contributed by atoms with van der Waals surface area (Å²) in [5.74, 6) is 0.118. The largest absolute Gasteiger partial charge is 0.353 e. The molecule has 0 bridgehead atoms. The maximum Gasteiger partial charge on any atom is 0.222 e. The van der Waals surface area contributed by atoms with Crippen molar-refractivity contribution in [1.29, 1.82) is 0 Å². The predicted octanol–water partition coefficient (Wildman–Crippen LogP) is 4.80. The summed E-state index contributed by atoms with van der Waals surface area (Å²) >= 11 is 0. The molecule has 0 aliphatic carbocycles. The zero-order valence-electron chi connectivity index (χ0n) is 18.8. The van der Waals surface area contributed by atoms with Gasteiger partial charge >= 0.3 is 0 Å². The number of hydrogen-bond acceptors (Lipinski definition) is 3. The van der Waals surface area contributed by atoms with Crippen LogP contribution in [0.15, 0.2) is 91.5 Å². The molecule has 1 atom stereocenters. The van der Waals surface area contributed by atoms with Gasteiger partial charge in [-0.25, -0.2) is 0 Å². The normalized spacial score (nSPS) is 16.0. The molecule has 1 fully saturated rings. The molecule has 1 aliphatic heterocycles. The molecule has 1 N–H and O–H groups in total. The molecule has 0 spiro atoms. The van der Waals surface area contributed by atoms with E-state index in [2.05, 4.69) is 80.7 Å². The maximum atomic E-state index is 13.2. The van der Waals surface area contributed by atoms with E-state index < -0.39 is 0 Å². The first-order valence-electron chi connectivity index (χ1n) is 11.8. The van der Waals surface area contributed by atoms with Gasteiger partial charge in [0.2, 0.25) is 5.91 Å². The molecule has 5 nitrogen and oxygen atoms in total. The second-order valence-electron chi connectivity index (χ2n) is 8.90. The molecule has 1 saturated heterocycles. The molecule has 1 aliphatic rings. The number of pyridine rings is 1. The van der Waals surface area contributed by atoms with E-state index in [0.29, 0.717) is 6.42 Å². The third-order valence-electron chi connectivity index (χ3n) is 6.63. The van der Waals surface area contributed by atoms with Gasteiger partial charge in [0.05, 0.1) is 12.5 Å². The third kappa shape index (κ3) is 5.15. The van der Waals surface area contributed by atoms with Gasteiger partial charge in [-0.1, -0.05) is 48.5 Å². The van der Waals surface area contributed by atoms with Crippen molar-refractivity contribution in [2.45, 2.75) is 37.9 Å². The highest BCUT2D eigenvalue weighted by Crippen LogP contribution is 2.29. The minimum atomic E-state index is -0.0308. The van der Waals surface area contributed by atoms with Crippen LogP contribution in [0.3, 0.4) is 0 Å². The molecular weight excluding hydrogens is 408 g/mol. The topological polar surface area (TPSA) is 50.2 Å². The van der Waals surface area contributed by atoms with Crippen LogP contribution in [-0.2, 0) is 11.3 Å². The van der Waals surface area contributed by atoms with Gasteiger partial charge in [0.25, 0.3) is 0 Å². The zero-order valence-corrected chi connectivity index (χ0v) is 18.8. The van der Waals surface area contributed by atoms with Crippen molar-refractivity contribution in [3.8, 4) is 0 Å². The summed E-state index contributed by atoms with van der Waals surface area (Å²) in [4.78, 5) is 19.8. The molecule has 1 amide bonds. The molecular formula is C28H30N4O. The summed E-state index contributed by atoms with van der Waals surface area (Å²) in [6, 6.07) is 23.1. The van der Waals surface area contributed by atoms with Gasteiger partial charge in [0.15, 0.2) is 0 Å². The lowest BCUT2D eigenvalue weighted by molar-refractivity contribution is -0.122. The van der Waals surface area contributed by atoms with Crippen molar-refractivity contribution < 1.29 is 4.79 Å². The number of nitrogens with one attached hydrogen (secondary N) is 1. The molecule has 5 rings (SSSR count). The standard InChI is InChI=1S/C28H30N4O/c33-28(30-24-12-17-31(18-13-24)21-22-7-6-14-29-20-22)19-27(32-15-3-4-16-32)26-11-5-9-23-8-1-2-10-25(23)26/h1-11,14-16,20,24,27H,12-13,17-19,21H2,(H,30,33)/t27-/m1/s1. The first-order chi connectivity index (χ1) is 16.3. The van der Waals surface area contributed by atoms with Crippen LogP contribution in [0, 0.1) is 0 Å². The first-order valence-corrected chi connectivity index (χ1v) is 11.8. The van der Waals surface area contributed by atoms with Crippen molar-refractivity contribution in [2.24, 2.45) is 0 Å². The number of rotatable bonds is 7. The van der Waals surface area contributed by atoms with Crippen LogP contribution in [0.5, 0.6) is 0 Å². The van der Waals surface area contributed by atoms with E-state index in [0.717, 1.165) is 32.5 Å². The van der Waals surface area contributed by atoms with Crippen molar-refractivity contribution in [1.82, 2.24) is 19.8 Å². The molecule has 3 heterocycles. The predicted molar refractivity (Wildman–Crippen MR) is 132 cm³/mol. The third-order valence-corrected chi connectivity index (χ3v) is 6.63. The van der Waals surface area contributed by atoms with Crippen molar-refractivity contribution in [3.63, 3.8) is 0 Å². The Morgan fingerprint density at radius 1 is 0.970 bits per heavy atom. The number of aromatic nitrogens is 2. The number of piperidine rings is 1. The second-order valence-corrected chi connectivity index (χ2v) is 8.90. The summed E-state index contributed by atoms with van der Waals surface area (Å²) in [6.45, 7) is 2.90. The highest BCUT2D eigenvalue weighted by atomic mass is 16.1. The SMILES string of the molecule is O=C(C[C@H](c1cccc2ccccc12)n1cccc1)NC1CCN(Cc2cccnc2)CC1. The van der Waals surface area contributed by atoms with Crippen LogP contribution >= 0.6 is 0 Å². The fourth-order valence-electron chi connectivity index (χ4n) is 4.92. The van der Waals surface area contributed by atoms with Gasteiger partial charge < -0.3 is 9.88 Å². The van der Waals surface area contributed by atoms with E-state index in [1.807, 2.05) is 30.6 Å². The molecule has 2 aromatic heterocycles. The van der Waals surface area contributed by atoms with Crippen molar-refractivity contribution in [3.05, 3.63) is 103 Å². The summed E-state index contributed by atoms with van der Waals surface area (Å²) < 4.78 is 2.15. The van der Waals surface area contributed by atoms with Gasteiger partial charge in [-0.05, 0) is 52.9 Å². The molecule has 2 aromatic carbocycles. The average molecular weight is 439 g/mol. The Kier molecular flexibility index (Phi) is 6.49. The summed E-state index contributed by atoms with van der Waals surface area (Å²) in [6.07, 6.45) is 10.2. The molecule has 0 radical (unpaired) electrons. The van der Waals surface area contributed by atoms with E-state index in [1.54, 1.807) is 0 Å². The van der Waals surface area contributed by atoms with Crippen LogP contribution in [0.25, 0.3) is 10.8 Å². The molecule has 5 heteroatoms. The number of hydrogen-bond donors (Lipinski definition) is 1. The van der Waals surface area contributed by atoms with Gasteiger partial charge in [0.1, 0.15) is 0 Å². The number of likely N-dealkylation sites (tertiary alicyclic amines) is 1. The Morgan fingerprint density at radius 2 is 1.76 bits per heavy atom. The molecule has 0 unspecified atom stereocenters. The summed E-state index contributed by atoms with van der Waals surface area (Å²) in [7, 11) is 0. The lowest BCUT2D eigenvalue weighted by Gasteiger charge is -2.32. The Labute approximate surface area is 195 Å².